The first-order chi connectivity index (χ1) is 8.00. The number of carbonyl (C=O) groups excluding carboxylic acids is 1. The molecule has 0 bridgehead atoms. The molecule has 2 heterocycles. The predicted octanol–water partition coefficient (Wildman–Crippen LogP) is 2.29. The number of aryl methyl sites for hydroxylation is 1. The average molecular weight is 250 g/mol. The summed E-state index contributed by atoms with van der Waals surface area (Å²) in [5.41, 5.74) is 1.83. The summed E-state index contributed by atoms with van der Waals surface area (Å²) in [6.07, 6.45) is 1.47. The van der Waals surface area contributed by atoms with Gasteiger partial charge in [-0.1, -0.05) is 11.6 Å². The summed E-state index contributed by atoms with van der Waals surface area (Å²) in [6.45, 7) is 1.88. The Morgan fingerprint density at radius 3 is 2.71 bits per heavy atom. The normalized spacial score (nSPS) is 10.6. The van der Waals surface area contributed by atoms with Gasteiger partial charge >= 0.3 is 0 Å². The zero-order valence-electron chi connectivity index (χ0n) is 9.86. The highest BCUT2D eigenvalue weighted by atomic mass is 35.5. The van der Waals surface area contributed by atoms with Crippen LogP contribution in [0.2, 0.25) is 5.02 Å². The van der Waals surface area contributed by atoms with Crippen molar-refractivity contribution in [3.05, 3.63) is 34.6 Å². The zero-order valence-corrected chi connectivity index (χ0v) is 10.6. The van der Waals surface area contributed by atoms with Crippen LogP contribution in [0.3, 0.4) is 0 Å². The van der Waals surface area contributed by atoms with Crippen LogP contribution in [0.1, 0.15) is 16.1 Å². The fraction of sp³-hybridized carbons (Fsp3) is 0.250. The van der Waals surface area contributed by atoms with Crippen molar-refractivity contribution >= 4 is 28.5 Å². The van der Waals surface area contributed by atoms with Gasteiger partial charge in [0.15, 0.2) is 5.65 Å². The fourth-order valence-corrected chi connectivity index (χ4v) is 1.81. The molecule has 0 saturated carbocycles. The Labute approximate surface area is 104 Å². The quantitative estimate of drug-likeness (QED) is 0.779. The number of fused-ring (bicyclic) bond motifs is 1. The lowest BCUT2D eigenvalue weighted by Crippen LogP contribution is -2.22. The minimum atomic E-state index is -0.162. The van der Waals surface area contributed by atoms with Gasteiger partial charge < -0.3 is 4.90 Å². The first-order valence-corrected chi connectivity index (χ1v) is 5.52. The van der Waals surface area contributed by atoms with E-state index in [1.165, 1.54) is 11.1 Å². The van der Waals surface area contributed by atoms with Crippen LogP contribution in [0.15, 0.2) is 18.3 Å². The Bertz CT molecular complexity index is 596. The molecule has 5 heteroatoms. The van der Waals surface area contributed by atoms with Crippen molar-refractivity contribution in [1.82, 2.24) is 14.9 Å². The van der Waals surface area contributed by atoms with Crippen molar-refractivity contribution in [2.75, 3.05) is 14.1 Å². The molecule has 0 spiro atoms. The monoisotopic (exact) mass is 249 g/mol. The second kappa shape index (κ2) is 4.30. The van der Waals surface area contributed by atoms with Crippen LogP contribution < -0.4 is 0 Å². The van der Waals surface area contributed by atoms with Crippen molar-refractivity contribution < 1.29 is 4.79 Å². The van der Waals surface area contributed by atoms with Crippen molar-refractivity contribution in [3.8, 4) is 0 Å². The number of amides is 1. The molecule has 0 N–H and O–H groups in total. The number of aromatic nitrogens is 2. The zero-order chi connectivity index (χ0) is 12.6. The molecule has 0 aliphatic carbocycles. The maximum Gasteiger partial charge on any atom is 0.256 e. The maximum absolute atomic E-state index is 11.9. The highest BCUT2D eigenvalue weighted by molar-refractivity contribution is 6.38. The van der Waals surface area contributed by atoms with Gasteiger partial charge in [0.2, 0.25) is 0 Å². The number of hydrogen-bond acceptors (Lipinski definition) is 3. The van der Waals surface area contributed by atoms with Crippen LogP contribution in [0, 0.1) is 6.92 Å². The summed E-state index contributed by atoms with van der Waals surface area (Å²) in [4.78, 5) is 21.8. The third-order valence-corrected chi connectivity index (χ3v) is 2.85. The van der Waals surface area contributed by atoms with Gasteiger partial charge in [-0.15, -0.1) is 0 Å². The Kier molecular flexibility index (Phi) is 2.98. The van der Waals surface area contributed by atoms with Crippen molar-refractivity contribution in [1.29, 1.82) is 0 Å². The molecule has 0 aliphatic heterocycles. The van der Waals surface area contributed by atoms with Crippen molar-refractivity contribution in [3.63, 3.8) is 0 Å². The van der Waals surface area contributed by atoms with Gasteiger partial charge in [0.25, 0.3) is 5.91 Å². The summed E-state index contributed by atoms with van der Waals surface area (Å²) in [7, 11) is 3.35. The molecule has 0 radical (unpaired) electrons. The minimum Gasteiger partial charge on any atom is -0.345 e. The molecule has 2 aromatic rings. The molecule has 1 amide bonds. The van der Waals surface area contributed by atoms with Gasteiger partial charge in [-0.05, 0) is 19.1 Å². The summed E-state index contributed by atoms with van der Waals surface area (Å²) in [5, 5.41) is 1.10. The van der Waals surface area contributed by atoms with Crippen LogP contribution in [0.25, 0.3) is 11.0 Å². The van der Waals surface area contributed by atoms with E-state index in [1.807, 2.05) is 19.1 Å². The predicted molar refractivity (Wildman–Crippen MR) is 67.3 cm³/mol. The maximum atomic E-state index is 11.9. The molecule has 0 aromatic carbocycles. The van der Waals surface area contributed by atoms with Gasteiger partial charge in [-0.25, -0.2) is 9.97 Å². The number of halogens is 1. The Balaban J connectivity index is 2.66. The molecule has 4 nitrogen and oxygen atoms in total. The van der Waals surface area contributed by atoms with E-state index in [-0.39, 0.29) is 5.91 Å². The third-order valence-electron chi connectivity index (χ3n) is 2.44. The first-order valence-electron chi connectivity index (χ1n) is 5.14. The molecular formula is C12H12ClN3O. The van der Waals surface area contributed by atoms with Gasteiger partial charge in [0.1, 0.15) is 0 Å². The lowest BCUT2D eigenvalue weighted by molar-refractivity contribution is 0.0827. The molecule has 0 saturated heterocycles. The van der Waals surface area contributed by atoms with Gasteiger partial charge in [-0.3, -0.25) is 4.79 Å². The van der Waals surface area contributed by atoms with E-state index >= 15 is 0 Å². The van der Waals surface area contributed by atoms with Gasteiger partial charge in [0, 0.05) is 31.4 Å². The van der Waals surface area contributed by atoms with E-state index < -0.39 is 0 Å². The molecule has 0 aliphatic rings. The molecule has 0 atom stereocenters. The number of nitrogens with zero attached hydrogens (tertiary/aromatic N) is 3. The van der Waals surface area contributed by atoms with Crippen LogP contribution >= 0.6 is 11.6 Å². The van der Waals surface area contributed by atoms with E-state index in [1.54, 1.807) is 14.1 Å². The van der Waals surface area contributed by atoms with E-state index in [2.05, 4.69) is 9.97 Å². The standard InChI is InChI=1S/C12H12ClN3O/c1-7-4-5-8-10(13)9(12(17)16(2)3)6-14-11(8)15-7/h4-6H,1-3H3. The molecule has 88 valence electrons. The van der Waals surface area contributed by atoms with E-state index in [4.69, 9.17) is 11.6 Å². The minimum absolute atomic E-state index is 0.162. The highest BCUT2D eigenvalue weighted by Gasteiger charge is 2.15. The summed E-state index contributed by atoms with van der Waals surface area (Å²) in [5.74, 6) is -0.162. The third kappa shape index (κ3) is 2.08. The average Bonchev–Trinajstić information content (AvgIpc) is 2.28. The van der Waals surface area contributed by atoms with Crippen LogP contribution in [-0.2, 0) is 0 Å². The van der Waals surface area contributed by atoms with E-state index in [9.17, 15) is 4.79 Å². The second-order valence-electron chi connectivity index (χ2n) is 4.01. The van der Waals surface area contributed by atoms with Crippen molar-refractivity contribution in [2.24, 2.45) is 0 Å². The van der Waals surface area contributed by atoms with Crippen LogP contribution in [0.4, 0.5) is 0 Å². The number of rotatable bonds is 1. The van der Waals surface area contributed by atoms with Crippen LogP contribution in [-0.4, -0.2) is 34.9 Å². The van der Waals surface area contributed by atoms with E-state index in [0.29, 0.717) is 21.6 Å². The smallest absolute Gasteiger partial charge is 0.256 e. The Hall–Kier alpha value is -1.68. The SMILES string of the molecule is Cc1ccc2c(Cl)c(C(=O)N(C)C)cnc2n1. The molecule has 0 unspecified atom stereocenters. The summed E-state index contributed by atoms with van der Waals surface area (Å²) in [6, 6.07) is 3.68. The lowest BCUT2D eigenvalue weighted by atomic mass is 10.2. The molecular weight excluding hydrogens is 238 g/mol. The fourth-order valence-electron chi connectivity index (χ4n) is 1.53. The Morgan fingerprint density at radius 1 is 1.35 bits per heavy atom. The summed E-state index contributed by atoms with van der Waals surface area (Å²) >= 11 is 6.21. The van der Waals surface area contributed by atoms with Crippen molar-refractivity contribution in [2.45, 2.75) is 6.92 Å². The van der Waals surface area contributed by atoms with Gasteiger partial charge in [-0.2, -0.15) is 0 Å². The molecule has 17 heavy (non-hydrogen) atoms. The Morgan fingerprint density at radius 2 is 2.06 bits per heavy atom. The number of carbonyl (C=O) groups is 1. The topological polar surface area (TPSA) is 46.1 Å². The number of pyridine rings is 2. The van der Waals surface area contributed by atoms with Crippen LogP contribution in [0.5, 0.6) is 0 Å². The lowest BCUT2D eigenvalue weighted by Gasteiger charge is -2.12. The second-order valence-corrected chi connectivity index (χ2v) is 4.39. The van der Waals surface area contributed by atoms with Gasteiger partial charge in [0.05, 0.1) is 10.6 Å². The molecule has 2 aromatic heterocycles. The molecule has 0 fully saturated rings. The number of hydrogen-bond donors (Lipinski definition) is 0. The largest absolute Gasteiger partial charge is 0.345 e. The summed E-state index contributed by atoms with van der Waals surface area (Å²) < 4.78 is 0. The van der Waals surface area contributed by atoms with E-state index in [0.717, 1.165) is 5.69 Å². The highest BCUT2D eigenvalue weighted by Crippen LogP contribution is 2.25. The first kappa shape index (κ1) is 11.8. The molecule has 2 rings (SSSR count).